The average Bonchev–Trinajstić information content (AvgIpc) is 2.72. The van der Waals surface area contributed by atoms with Gasteiger partial charge in [0.1, 0.15) is 0 Å². The van der Waals surface area contributed by atoms with Gasteiger partial charge in [-0.15, -0.1) is 0 Å². The number of rotatable bonds is 2. The fourth-order valence-corrected chi connectivity index (χ4v) is 3.28. The lowest BCUT2D eigenvalue weighted by Gasteiger charge is -1.99. The van der Waals surface area contributed by atoms with Crippen LogP contribution in [0.4, 0.5) is 0 Å². The summed E-state index contributed by atoms with van der Waals surface area (Å²) in [4.78, 5) is 0.559. The summed E-state index contributed by atoms with van der Waals surface area (Å²) in [5.74, 6) is 0. The molecule has 2 aromatic rings. The molecule has 0 unspecified atom stereocenters. The Hall–Kier alpha value is -1.13. The van der Waals surface area contributed by atoms with Crippen molar-refractivity contribution in [1.29, 1.82) is 0 Å². The van der Waals surface area contributed by atoms with E-state index >= 15 is 0 Å². The Morgan fingerprint density at radius 3 is 2.43 bits per heavy atom. The van der Waals surface area contributed by atoms with E-state index in [0.29, 0.717) is 4.90 Å². The van der Waals surface area contributed by atoms with Gasteiger partial charge in [-0.25, -0.2) is 8.42 Å². The Morgan fingerprint density at radius 1 is 1.14 bits per heavy atom. The summed E-state index contributed by atoms with van der Waals surface area (Å²) in [6.45, 7) is 0. The van der Waals surface area contributed by atoms with Gasteiger partial charge in [-0.3, -0.25) is 0 Å². The molecule has 0 aliphatic heterocycles. The summed E-state index contributed by atoms with van der Waals surface area (Å²) in [5, 5.41) is 3.22. The van der Waals surface area contributed by atoms with Crippen molar-refractivity contribution in [1.82, 2.24) is 0 Å². The lowest BCUT2D eigenvalue weighted by atomic mass is 10.4. The van der Waals surface area contributed by atoms with E-state index in [1.54, 1.807) is 41.1 Å². The van der Waals surface area contributed by atoms with E-state index in [-0.39, 0.29) is 4.90 Å². The first kappa shape index (κ1) is 9.43. The molecule has 71 valence electrons. The molecular formula is C10H7O2S2. The molecule has 1 heterocycles. The molecule has 0 saturated heterocycles. The van der Waals surface area contributed by atoms with Crippen molar-refractivity contribution in [2.45, 2.75) is 9.79 Å². The smallest absolute Gasteiger partial charge is 0.208 e. The Labute approximate surface area is 86.8 Å². The molecule has 0 N–H and O–H groups in total. The first-order valence-corrected chi connectivity index (χ1v) is 6.38. The van der Waals surface area contributed by atoms with E-state index in [2.05, 4.69) is 6.07 Å². The highest BCUT2D eigenvalue weighted by Crippen LogP contribution is 2.21. The summed E-state index contributed by atoms with van der Waals surface area (Å²) in [5.41, 5.74) is 0. The summed E-state index contributed by atoms with van der Waals surface area (Å²) >= 11 is 1.33. The van der Waals surface area contributed by atoms with Crippen molar-refractivity contribution in [3.05, 3.63) is 47.2 Å². The Balaban J connectivity index is 2.55. The van der Waals surface area contributed by atoms with E-state index in [9.17, 15) is 8.42 Å². The molecule has 0 bridgehead atoms. The van der Waals surface area contributed by atoms with Crippen LogP contribution < -0.4 is 0 Å². The number of benzene rings is 1. The zero-order valence-corrected chi connectivity index (χ0v) is 8.81. The molecule has 2 nitrogen and oxygen atoms in total. The van der Waals surface area contributed by atoms with Gasteiger partial charge in [0.15, 0.2) is 0 Å². The van der Waals surface area contributed by atoms with Crippen molar-refractivity contribution in [3.63, 3.8) is 0 Å². The molecule has 2 rings (SSSR count). The summed E-state index contributed by atoms with van der Waals surface area (Å²) in [6.07, 6.45) is 0. The van der Waals surface area contributed by atoms with Crippen LogP contribution in [-0.4, -0.2) is 8.42 Å². The topological polar surface area (TPSA) is 34.1 Å². The van der Waals surface area contributed by atoms with Gasteiger partial charge < -0.3 is 0 Å². The maximum Gasteiger partial charge on any atom is 0.208 e. The predicted molar refractivity (Wildman–Crippen MR) is 55.0 cm³/mol. The largest absolute Gasteiger partial charge is 0.218 e. The molecule has 0 atom stereocenters. The van der Waals surface area contributed by atoms with Crippen LogP contribution in [0.2, 0.25) is 0 Å². The maximum absolute atomic E-state index is 11.9. The van der Waals surface area contributed by atoms with Crippen molar-refractivity contribution in [3.8, 4) is 0 Å². The molecule has 0 saturated carbocycles. The lowest BCUT2D eigenvalue weighted by molar-refractivity contribution is 0.596. The summed E-state index contributed by atoms with van der Waals surface area (Å²) in [6, 6.07) is 11.1. The molecule has 0 aliphatic carbocycles. The van der Waals surface area contributed by atoms with Crippen LogP contribution in [0.1, 0.15) is 0 Å². The number of hydrogen-bond donors (Lipinski definition) is 0. The van der Waals surface area contributed by atoms with Crippen LogP contribution in [0, 0.1) is 6.07 Å². The quantitative estimate of drug-likeness (QED) is 0.783. The molecule has 1 aromatic carbocycles. The highest BCUT2D eigenvalue weighted by molar-refractivity contribution is 7.91. The number of sulfone groups is 1. The molecule has 0 spiro atoms. The van der Waals surface area contributed by atoms with Gasteiger partial charge in [0.2, 0.25) is 9.84 Å². The Kier molecular flexibility index (Phi) is 2.39. The first-order chi connectivity index (χ1) is 6.71. The van der Waals surface area contributed by atoms with Gasteiger partial charge in [-0.2, -0.15) is 11.3 Å². The van der Waals surface area contributed by atoms with E-state index in [0.717, 1.165) is 0 Å². The van der Waals surface area contributed by atoms with Crippen molar-refractivity contribution >= 4 is 21.2 Å². The van der Waals surface area contributed by atoms with Gasteiger partial charge in [-0.1, -0.05) is 18.2 Å². The van der Waals surface area contributed by atoms with E-state index < -0.39 is 9.84 Å². The average molecular weight is 223 g/mol. The monoisotopic (exact) mass is 223 g/mol. The zero-order valence-electron chi connectivity index (χ0n) is 7.17. The van der Waals surface area contributed by atoms with Crippen LogP contribution in [0.15, 0.2) is 50.9 Å². The molecular weight excluding hydrogens is 216 g/mol. The van der Waals surface area contributed by atoms with Gasteiger partial charge >= 0.3 is 0 Å². The van der Waals surface area contributed by atoms with Crippen LogP contribution in [0.5, 0.6) is 0 Å². The molecule has 0 fully saturated rings. The standard InChI is InChI=1S/C10H7O2S2/c11-14(12,10-6-7-13-8-10)9-4-2-1-3-5-9/h1-5,7-8H. The van der Waals surface area contributed by atoms with Crippen LogP contribution >= 0.6 is 11.3 Å². The Bertz CT molecular complexity index is 498. The molecule has 1 radical (unpaired) electrons. The van der Waals surface area contributed by atoms with Gasteiger partial charge in [-0.05, 0) is 17.5 Å². The van der Waals surface area contributed by atoms with Gasteiger partial charge in [0.05, 0.1) is 9.79 Å². The number of thiophene rings is 1. The van der Waals surface area contributed by atoms with Crippen molar-refractivity contribution in [2.24, 2.45) is 0 Å². The minimum Gasteiger partial charge on any atom is -0.218 e. The number of hydrogen-bond acceptors (Lipinski definition) is 3. The second-order valence-electron chi connectivity index (χ2n) is 2.70. The van der Waals surface area contributed by atoms with Crippen molar-refractivity contribution in [2.75, 3.05) is 0 Å². The predicted octanol–water partition coefficient (Wildman–Crippen LogP) is 2.38. The second-order valence-corrected chi connectivity index (χ2v) is 5.36. The minimum atomic E-state index is -3.34. The molecule has 4 heteroatoms. The normalized spacial score (nSPS) is 11.4. The summed E-state index contributed by atoms with van der Waals surface area (Å²) < 4.78 is 23.7. The highest BCUT2D eigenvalue weighted by Gasteiger charge is 2.17. The second kappa shape index (κ2) is 3.55. The highest BCUT2D eigenvalue weighted by atomic mass is 32.2. The fraction of sp³-hybridized carbons (Fsp3) is 0. The molecule has 0 amide bonds. The van der Waals surface area contributed by atoms with Crippen molar-refractivity contribution < 1.29 is 8.42 Å². The SMILES string of the molecule is O=S(=O)(c1[c]csc1)c1ccccc1. The first-order valence-electron chi connectivity index (χ1n) is 3.95. The van der Waals surface area contributed by atoms with E-state index in [1.807, 2.05) is 0 Å². The van der Waals surface area contributed by atoms with Gasteiger partial charge in [0, 0.05) is 11.4 Å². The fourth-order valence-electron chi connectivity index (χ4n) is 1.09. The molecule has 14 heavy (non-hydrogen) atoms. The minimum absolute atomic E-state index is 0.244. The van der Waals surface area contributed by atoms with Crippen LogP contribution in [0.3, 0.4) is 0 Å². The third kappa shape index (κ3) is 1.58. The third-order valence-corrected chi connectivity index (χ3v) is 4.27. The third-order valence-electron chi connectivity index (χ3n) is 1.79. The van der Waals surface area contributed by atoms with E-state index in [1.165, 1.54) is 11.3 Å². The zero-order chi connectivity index (χ0) is 10.0. The van der Waals surface area contributed by atoms with Crippen LogP contribution in [-0.2, 0) is 9.84 Å². The summed E-state index contributed by atoms with van der Waals surface area (Å²) in [7, 11) is -3.34. The van der Waals surface area contributed by atoms with E-state index in [4.69, 9.17) is 0 Å². The van der Waals surface area contributed by atoms with Crippen LogP contribution in [0.25, 0.3) is 0 Å². The molecule has 0 aliphatic rings. The van der Waals surface area contributed by atoms with Gasteiger partial charge in [0.25, 0.3) is 0 Å². The Morgan fingerprint density at radius 2 is 1.86 bits per heavy atom. The lowest BCUT2D eigenvalue weighted by Crippen LogP contribution is -1.99. The maximum atomic E-state index is 11.9. The molecule has 1 aromatic heterocycles.